The van der Waals surface area contributed by atoms with E-state index < -0.39 is 5.97 Å². The highest BCUT2D eigenvalue weighted by Crippen LogP contribution is 2.22. The molecule has 104 valence electrons. The number of piperidine rings is 1. The predicted molar refractivity (Wildman–Crippen MR) is 68.9 cm³/mol. The Balaban J connectivity index is 1.93. The van der Waals surface area contributed by atoms with E-state index in [9.17, 15) is 9.59 Å². The van der Waals surface area contributed by atoms with Gasteiger partial charge in [-0.25, -0.2) is 0 Å². The number of hydrogen-bond donors (Lipinski definition) is 1. The monoisotopic (exact) mass is 265 g/mol. The molecular formula is C14H19NO4. The van der Waals surface area contributed by atoms with Gasteiger partial charge in [0, 0.05) is 19.5 Å². The SMILES string of the molecule is Cc1cc(C(=O)N2CCCC(CCC(=O)O)C2)co1. The molecule has 2 heterocycles. The molecule has 1 atom stereocenters. The molecular weight excluding hydrogens is 246 g/mol. The van der Waals surface area contributed by atoms with Crippen LogP contribution in [-0.2, 0) is 4.79 Å². The number of carbonyl (C=O) groups excluding carboxylic acids is 1. The number of nitrogens with zero attached hydrogens (tertiary/aromatic N) is 1. The molecule has 0 aromatic carbocycles. The van der Waals surface area contributed by atoms with Gasteiger partial charge in [0.15, 0.2) is 0 Å². The fourth-order valence-electron chi connectivity index (χ4n) is 2.55. The van der Waals surface area contributed by atoms with Crippen molar-refractivity contribution < 1.29 is 19.1 Å². The van der Waals surface area contributed by atoms with E-state index in [1.807, 2.05) is 6.92 Å². The van der Waals surface area contributed by atoms with Gasteiger partial charge in [0.25, 0.3) is 5.91 Å². The second-order valence-electron chi connectivity index (χ2n) is 5.14. The summed E-state index contributed by atoms with van der Waals surface area (Å²) in [7, 11) is 0. The third kappa shape index (κ3) is 3.59. The molecule has 0 aliphatic carbocycles. The number of carbonyl (C=O) groups is 2. The molecule has 5 nitrogen and oxygen atoms in total. The number of likely N-dealkylation sites (tertiary alicyclic amines) is 1. The number of rotatable bonds is 4. The zero-order valence-corrected chi connectivity index (χ0v) is 11.1. The zero-order chi connectivity index (χ0) is 13.8. The van der Waals surface area contributed by atoms with E-state index in [1.165, 1.54) is 6.26 Å². The van der Waals surface area contributed by atoms with Crippen LogP contribution in [0.4, 0.5) is 0 Å². The number of amides is 1. The van der Waals surface area contributed by atoms with E-state index in [4.69, 9.17) is 9.52 Å². The van der Waals surface area contributed by atoms with Crippen LogP contribution in [0.5, 0.6) is 0 Å². The van der Waals surface area contributed by atoms with Gasteiger partial charge >= 0.3 is 5.97 Å². The number of aryl methyl sites for hydroxylation is 1. The highest BCUT2D eigenvalue weighted by atomic mass is 16.4. The Bertz CT molecular complexity index is 466. The molecule has 1 aliphatic heterocycles. The van der Waals surface area contributed by atoms with Crippen LogP contribution in [0, 0.1) is 12.8 Å². The molecule has 0 spiro atoms. The van der Waals surface area contributed by atoms with Crippen molar-refractivity contribution in [2.75, 3.05) is 13.1 Å². The summed E-state index contributed by atoms with van der Waals surface area (Å²) in [5.74, 6) is 0.232. The van der Waals surface area contributed by atoms with Crippen LogP contribution in [0.3, 0.4) is 0 Å². The second-order valence-corrected chi connectivity index (χ2v) is 5.14. The predicted octanol–water partition coefficient (Wildman–Crippen LogP) is 2.31. The summed E-state index contributed by atoms with van der Waals surface area (Å²) in [5, 5.41) is 8.71. The first kappa shape index (κ1) is 13.6. The molecule has 0 radical (unpaired) electrons. The first-order valence-corrected chi connectivity index (χ1v) is 6.62. The lowest BCUT2D eigenvalue weighted by molar-refractivity contribution is -0.137. The lowest BCUT2D eigenvalue weighted by atomic mass is 9.93. The quantitative estimate of drug-likeness (QED) is 0.906. The largest absolute Gasteiger partial charge is 0.481 e. The fourth-order valence-corrected chi connectivity index (χ4v) is 2.55. The smallest absolute Gasteiger partial charge is 0.303 e. The summed E-state index contributed by atoms with van der Waals surface area (Å²) < 4.78 is 5.16. The topological polar surface area (TPSA) is 70.8 Å². The van der Waals surface area contributed by atoms with Gasteiger partial charge in [-0.15, -0.1) is 0 Å². The highest BCUT2D eigenvalue weighted by molar-refractivity contribution is 5.94. The molecule has 1 amide bonds. The number of hydrogen-bond acceptors (Lipinski definition) is 3. The molecule has 1 aromatic heterocycles. The van der Waals surface area contributed by atoms with E-state index in [0.717, 1.165) is 25.1 Å². The molecule has 2 rings (SSSR count). The van der Waals surface area contributed by atoms with Crippen molar-refractivity contribution in [3.63, 3.8) is 0 Å². The van der Waals surface area contributed by atoms with E-state index >= 15 is 0 Å². The Morgan fingerprint density at radius 2 is 2.32 bits per heavy atom. The molecule has 1 aliphatic rings. The second kappa shape index (κ2) is 5.91. The Labute approximate surface area is 112 Å². The molecule has 1 aromatic rings. The maximum absolute atomic E-state index is 12.2. The maximum Gasteiger partial charge on any atom is 0.303 e. The van der Waals surface area contributed by atoms with Crippen LogP contribution in [0.25, 0.3) is 0 Å². The van der Waals surface area contributed by atoms with E-state index in [-0.39, 0.29) is 12.3 Å². The Hall–Kier alpha value is -1.78. The molecule has 1 fully saturated rings. The fraction of sp³-hybridized carbons (Fsp3) is 0.571. The summed E-state index contributed by atoms with van der Waals surface area (Å²) in [4.78, 5) is 24.6. The Morgan fingerprint density at radius 1 is 1.53 bits per heavy atom. The van der Waals surface area contributed by atoms with Gasteiger partial charge in [-0.2, -0.15) is 0 Å². The molecule has 0 bridgehead atoms. The number of furan rings is 1. The average molecular weight is 265 g/mol. The van der Waals surface area contributed by atoms with Crippen molar-refractivity contribution >= 4 is 11.9 Å². The van der Waals surface area contributed by atoms with Crippen LogP contribution in [0.2, 0.25) is 0 Å². The maximum atomic E-state index is 12.2. The van der Waals surface area contributed by atoms with Crippen molar-refractivity contribution in [3.8, 4) is 0 Å². The molecule has 1 unspecified atom stereocenters. The lowest BCUT2D eigenvalue weighted by Crippen LogP contribution is -2.39. The molecule has 1 saturated heterocycles. The number of carboxylic acid groups (broad SMARTS) is 1. The van der Waals surface area contributed by atoms with Crippen molar-refractivity contribution in [2.45, 2.75) is 32.6 Å². The van der Waals surface area contributed by atoms with Gasteiger partial charge in [-0.1, -0.05) is 0 Å². The summed E-state index contributed by atoms with van der Waals surface area (Å²) >= 11 is 0. The molecule has 19 heavy (non-hydrogen) atoms. The van der Waals surface area contributed by atoms with E-state index in [0.29, 0.717) is 24.4 Å². The summed E-state index contributed by atoms with van der Waals surface area (Å²) in [5.41, 5.74) is 0.580. The van der Waals surface area contributed by atoms with E-state index in [2.05, 4.69) is 0 Å². The van der Waals surface area contributed by atoms with Gasteiger partial charge in [0.05, 0.1) is 5.56 Å². The van der Waals surface area contributed by atoms with E-state index in [1.54, 1.807) is 11.0 Å². The zero-order valence-electron chi connectivity index (χ0n) is 11.1. The lowest BCUT2D eigenvalue weighted by Gasteiger charge is -2.32. The summed E-state index contributed by atoms with van der Waals surface area (Å²) in [6, 6.07) is 1.74. The van der Waals surface area contributed by atoms with Gasteiger partial charge in [0.2, 0.25) is 0 Å². The first-order valence-electron chi connectivity index (χ1n) is 6.62. The molecule has 1 N–H and O–H groups in total. The standard InChI is InChI=1S/C14H19NO4/c1-10-7-12(9-19-10)14(18)15-6-2-3-11(8-15)4-5-13(16)17/h7,9,11H,2-6,8H2,1H3,(H,16,17). The van der Waals surface area contributed by atoms with Crippen LogP contribution in [0.15, 0.2) is 16.7 Å². The third-order valence-electron chi connectivity index (χ3n) is 3.55. The normalized spacial score (nSPS) is 19.4. The van der Waals surface area contributed by atoms with Crippen LogP contribution < -0.4 is 0 Å². The molecule has 0 saturated carbocycles. The summed E-state index contributed by atoms with van der Waals surface area (Å²) in [6.45, 7) is 3.20. The van der Waals surface area contributed by atoms with Crippen LogP contribution >= 0.6 is 0 Å². The highest BCUT2D eigenvalue weighted by Gasteiger charge is 2.25. The minimum atomic E-state index is -0.770. The Morgan fingerprint density at radius 3 is 2.95 bits per heavy atom. The average Bonchev–Trinajstić information content (AvgIpc) is 2.82. The molecule has 5 heteroatoms. The van der Waals surface area contributed by atoms with Gasteiger partial charge in [-0.05, 0) is 38.2 Å². The third-order valence-corrected chi connectivity index (χ3v) is 3.55. The first-order chi connectivity index (χ1) is 9.06. The van der Waals surface area contributed by atoms with Gasteiger partial charge in [0.1, 0.15) is 12.0 Å². The van der Waals surface area contributed by atoms with Gasteiger partial charge in [-0.3, -0.25) is 9.59 Å². The Kier molecular flexibility index (Phi) is 4.24. The van der Waals surface area contributed by atoms with Crippen molar-refractivity contribution in [2.24, 2.45) is 5.92 Å². The van der Waals surface area contributed by atoms with Crippen molar-refractivity contribution in [1.82, 2.24) is 4.90 Å². The minimum absolute atomic E-state index is 0.0168. The summed E-state index contributed by atoms with van der Waals surface area (Å²) in [6.07, 6.45) is 4.24. The van der Waals surface area contributed by atoms with Gasteiger partial charge < -0.3 is 14.4 Å². The van der Waals surface area contributed by atoms with Crippen molar-refractivity contribution in [1.29, 1.82) is 0 Å². The van der Waals surface area contributed by atoms with Crippen LogP contribution in [-0.4, -0.2) is 35.0 Å². The van der Waals surface area contributed by atoms with Crippen LogP contribution in [0.1, 0.15) is 41.8 Å². The number of carboxylic acids is 1. The number of aliphatic carboxylic acids is 1. The minimum Gasteiger partial charge on any atom is -0.481 e. The van der Waals surface area contributed by atoms with Crippen molar-refractivity contribution in [3.05, 3.63) is 23.7 Å².